The Morgan fingerprint density at radius 3 is 2.84 bits per heavy atom. The molecule has 3 N–H and O–H groups in total. The molecular formula is C15H22N2O2. The molecule has 0 radical (unpaired) electrons. The van der Waals surface area contributed by atoms with Crippen molar-refractivity contribution in [1.29, 1.82) is 0 Å². The molecule has 19 heavy (non-hydrogen) atoms. The van der Waals surface area contributed by atoms with Crippen LogP contribution in [0.5, 0.6) is 5.75 Å². The van der Waals surface area contributed by atoms with Gasteiger partial charge in [-0.25, -0.2) is 0 Å². The smallest absolute Gasteiger partial charge is 0.223 e. The van der Waals surface area contributed by atoms with Crippen LogP contribution in [0.2, 0.25) is 0 Å². The van der Waals surface area contributed by atoms with E-state index in [-0.39, 0.29) is 17.6 Å². The van der Waals surface area contributed by atoms with E-state index in [1.165, 1.54) is 0 Å². The van der Waals surface area contributed by atoms with E-state index in [1.54, 1.807) is 12.1 Å². The van der Waals surface area contributed by atoms with Crippen molar-refractivity contribution < 1.29 is 9.90 Å². The summed E-state index contributed by atoms with van der Waals surface area (Å²) in [5, 5.41) is 15.5. The van der Waals surface area contributed by atoms with Crippen LogP contribution in [0, 0.1) is 5.92 Å². The fourth-order valence-corrected chi connectivity index (χ4v) is 2.42. The van der Waals surface area contributed by atoms with Crippen molar-refractivity contribution in [2.24, 2.45) is 5.92 Å². The molecule has 0 saturated carbocycles. The van der Waals surface area contributed by atoms with Crippen LogP contribution in [-0.2, 0) is 11.2 Å². The molecule has 2 rings (SSSR count). The second-order valence-electron chi connectivity index (χ2n) is 5.09. The van der Waals surface area contributed by atoms with Crippen LogP contribution in [0.1, 0.15) is 24.8 Å². The van der Waals surface area contributed by atoms with Gasteiger partial charge in [0, 0.05) is 12.5 Å². The number of carbonyl (C=O) groups excluding carboxylic acids is 1. The van der Waals surface area contributed by atoms with Crippen molar-refractivity contribution in [3.05, 3.63) is 29.8 Å². The monoisotopic (exact) mass is 262 g/mol. The van der Waals surface area contributed by atoms with Gasteiger partial charge in [0.2, 0.25) is 5.91 Å². The first-order chi connectivity index (χ1) is 9.25. The standard InChI is InChI=1S/C15H22N2O2/c18-14-5-3-12(4-6-14)7-11-17-15(19)13-2-1-9-16-10-8-13/h3-6,13,16,18H,1-2,7-11H2,(H,17,19)/t13-/m1/s1. The number of nitrogens with one attached hydrogen (secondary N) is 2. The van der Waals surface area contributed by atoms with Gasteiger partial charge in [0.05, 0.1) is 0 Å². The average molecular weight is 262 g/mol. The van der Waals surface area contributed by atoms with E-state index in [4.69, 9.17) is 0 Å². The summed E-state index contributed by atoms with van der Waals surface area (Å²) < 4.78 is 0. The second-order valence-corrected chi connectivity index (χ2v) is 5.09. The van der Waals surface area contributed by atoms with Crippen molar-refractivity contribution in [3.8, 4) is 5.75 Å². The zero-order chi connectivity index (χ0) is 13.5. The predicted octanol–water partition coefficient (Wildman–Crippen LogP) is 1.44. The number of aromatic hydroxyl groups is 1. The van der Waals surface area contributed by atoms with Gasteiger partial charge in [-0.05, 0) is 56.5 Å². The summed E-state index contributed by atoms with van der Waals surface area (Å²) in [5.74, 6) is 0.621. The SMILES string of the molecule is O=C(NCCc1ccc(O)cc1)[C@@H]1CCCNCC1. The van der Waals surface area contributed by atoms with Crippen LogP contribution in [0.3, 0.4) is 0 Å². The van der Waals surface area contributed by atoms with Gasteiger partial charge in [0.1, 0.15) is 5.75 Å². The van der Waals surface area contributed by atoms with Crippen molar-refractivity contribution >= 4 is 5.91 Å². The Hall–Kier alpha value is -1.55. The predicted molar refractivity (Wildman–Crippen MR) is 75.0 cm³/mol. The summed E-state index contributed by atoms with van der Waals surface area (Å²) in [4.78, 5) is 12.0. The highest BCUT2D eigenvalue weighted by Crippen LogP contribution is 2.13. The lowest BCUT2D eigenvalue weighted by atomic mass is 10.00. The highest BCUT2D eigenvalue weighted by molar-refractivity contribution is 5.78. The maximum atomic E-state index is 12.0. The van der Waals surface area contributed by atoms with Crippen molar-refractivity contribution in [3.63, 3.8) is 0 Å². The maximum absolute atomic E-state index is 12.0. The molecule has 1 aromatic carbocycles. The Balaban J connectivity index is 1.72. The van der Waals surface area contributed by atoms with Gasteiger partial charge in [0.15, 0.2) is 0 Å². The zero-order valence-corrected chi connectivity index (χ0v) is 11.2. The minimum Gasteiger partial charge on any atom is -0.508 e. The number of hydrogen-bond donors (Lipinski definition) is 3. The quantitative estimate of drug-likeness (QED) is 0.769. The Kier molecular flexibility index (Phi) is 5.21. The number of amides is 1. The van der Waals surface area contributed by atoms with Crippen LogP contribution in [0.25, 0.3) is 0 Å². The summed E-state index contributed by atoms with van der Waals surface area (Å²) in [6.07, 6.45) is 3.80. The highest BCUT2D eigenvalue weighted by Gasteiger charge is 2.19. The molecule has 1 fully saturated rings. The molecule has 1 saturated heterocycles. The molecule has 104 valence electrons. The molecule has 1 atom stereocenters. The minimum absolute atomic E-state index is 0.162. The van der Waals surface area contributed by atoms with E-state index < -0.39 is 0 Å². The number of phenolic OH excluding ortho intramolecular Hbond substituents is 1. The Bertz CT molecular complexity index is 395. The van der Waals surface area contributed by atoms with Crippen LogP contribution in [0.15, 0.2) is 24.3 Å². The number of benzene rings is 1. The second kappa shape index (κ2) is 7.14. The lowest BCUT2D eigenvalue weighted by molar-refractivity contribution is -0.125. The van der Waals surface area contributed by atoms with Crippen LogP contribution >= 0.6 is 0 Å². The summed E-state index contributed by atoms with van der Waals surface area (Å²) in [6.45, 7) is 2.63. The third kappa shape index (κ3) is 4.56. The summed E-state index contributed by atoms with van der Waals surface area (Å²) >= 11 is 0. The lowest BCUT2D eigenvalue weighted by Crippen LogP contribution is -2.32. The third-order valence-corrected chi connectivity index (χ3v) is 3.60. The van der Waals surface area contributed by atoms with Gasteiger partial charge in [-0.2, -0.15) is 0 Å². The zero-order valence-electron chi connectivity index (χ0n) is 11.2. The molecule has 1 heterocycles. The molecule has 0 bridgehead atoms. The van der Waals surface area contributed by atoms with E-state index in [2.05, 4.69) is 10.6 Å². The Morgan fingerprint density at radius 1 is 1.26 bits per heavy atom. The van der Waals surface area contributed by atoms with Gasteiger partial charge in [-0.15, -0.1) is 0 Å². The van der Waals surface area contributed by atoms with E-state index >= 15 is 0 Å². The van der Waals surface area contributed by atoms with E-state index in [1.807, 2.05) is 12.1 Å². The maximum Gasteiger partial charge on any atom is 0.223 e. The molecule has 1 aliphatic heterocycles. The van der Waals surface area contributed by atoms with Crippen LogP contribution in [0.4, 0.5) is 0 Å². The highest BCUT2D eigenvalue weighted by atomic mass is 16.3. The van der Waals surface area contributed by atoms with E-state index in [0.717, 1.165) is 44.3 Å². The Labute approximate surface area is 114 Å². The van der Waals surface area contributed by atoms with Crippen molar-refractivity contribution in [1.82, 2.24) is 10.6 Å². The normalized spacial score (nSPS) is 19.7. The molecule has 4 heteroatoms. The van der Waals surface area contributed by atoms with E-state index in [9.17, 15) is 9.90 Å². The molecule has 0 unspecified atom stereocenters. The first-order valence-electron chi connectivity index (χ1n) is 7.02. The molecule has 4 nitrogen and oxygen atoms in total. The molecule has 0 aliphatic carbocycles. The number of rotatable bonds is 4. The van der Waals surface area contributed by atoms with E-state index in [0.29, 0.717) is 6.54 Å². The fourth-order valence-electron chi connectivity index (χ4n) is 2.42. The van der Waals surface area contributed by atoms with Gasteiger partial charge in [-0.1, -0.05) is 12.1 Å². The van der Waals surface area contributed by atoms with Gasteiger partial charge >= 0.3 is 0 Å². The molecule has 0 aromatic heterocycles. The molecule has 1 aliphatic rings. The largest absolute Gasteiger partial charge is 0.508 e. The Morgan fingerprint density at radius 2 is 2.05 bits per heavy atom. The van der Waals surface area contributed by atoms with Crippen LogP contribution in [-0.4, -0.2) is 30.6 Å². The van der Waals surface area contributed by atoms with Crippen LogP contribution < -0.4 is 10.6 Å². The van der Waals surface area contributed by atoms with Gasteiger partial charge < -0.3 is 15.7 Å². The molecule has 1 aromatic rings. The van der Waals surface area contributed by atoms with Gasteiger partial charge in [-0.3, -0.25) is 4.79 Å². The molecular weight excluding hydrogens is 240 g/mol. The van der Waals surface area contributed by atoms with Crippen molar-refractivity contribution in [2.45, 2.75) is 25.7 Å². The topological polar surface area (TPSA) is 61.4 Å². The number of phenols is 1. The summed E-state index contributed by atoms with van der Waals surface area (Å²) in [7, 11) is 0. The molecule has 0 spiro atoms. The fraction of sp³-hybridized carbons (Fsp3) is 0.533. The third-order valence-electron chi connectivity index (χ3n) is 3.60. The average Bonchev–Trinajstić information content (AvgIpc) is 2.70. The minimum atomic E-state index is 0.162. The summed E-state index contributed by atoms with van der Waals surface area (Å²) in [6, 6.07) is 7.12. The van der Waals surface area contributed by atoms with Gasteiger partial charge in [0.25, 0.3) is 0 Å². The molecule has 1 amide bonds. The summed E-state index contributed by atoms with van der Waals surface area (Å²) in [5.41, 5.74) is 1.13. The number of hydrogen-bond acceptors (Lipinski definition) is 3. The first-order valence-corrected chi connectivity index (χ1v) is 7.02. The number of carbonyl (C=O) groups is 1. The first kappa shape index (κ1) is 13.9. The lowest BCUT2D eigenvalue weighted by Gasteiger charge is -2.13. The van der Waals surface area contributed by atoms with Crippen molar-refractivity contribution in [2.75, 3.05) is 19.6 Å².